The summed E-state index contributed by atoms with van der Waals surface area (Å²) in [6.07, 6.45) is 1.97. The molecule has 19 heavy (non-hydrogen) atoms. The first-order chi connectivity index (χ1) is 9.01. The first-order valence-corrected chi connectivity index (χ1v) is 6.93. The average Bonchev–Trinajstić information content (AvgIpc) is 2.77. The molecule has 110 valence electrons. The molecule has 3 N–H and O–H groups in total. The minimum Gasteiger partial charge on any atom is -0.481 e. The minimum absolute atomic E-state index is 0.000800. The Balaban J connectivity index is 2.14. The highest BCUT2D eigenvalue weighted by molar-refractivity contribution is 5.74. The van der Waals surface area contributed by atoms with E-state index in [4.69, 9.17) is 5.11 Å². The molecule has 1 rings (SSSR count). The van der Waals surface area contributed by atoms with E-state index < -0.39 is 5.97 Å². The number of nitrogens with zero attached hydrogens (tertiary/aromatic N) is 1. The van der Waals surface area contributed by atoms with Crippen LogP contribution in [0.2, 0.25) is 0 Å². The number of nitrogens with one attached hydrogen (secondary N) is 2. The van der Waals surface area contributed by atoms with E-state index in [-0.39, 0.29) is 18.4 Å². The van der Waals surface area contributed by atoms with Crippen LogP contribution < -0.4 is 10.6 Å². The first-order valence-electron chi connectivity index (χ1n) is 6.93. The highest BCUT2D eigenvalue weighted by Gasteiger charge is 2.20. The molecule has 2 amide bonds. The van der Waals surface area contributed by atoms with Gasteiger partial charge in [-0.25, -0.2) is 4.79 Å². The van der Waals surface area contributed by atoms with Crippen molar-refractivity contribution in [2.24, 2.45) is 11.8 Å². The average molecular weight is 271 g/mol. The molecule has 1 aliphatic heterocycles. The molecule has 6 nitrogen and oxygen atoms in total. The van der Waals surface area contributed by atoms with Gasteiger partial charge in [0.05, 0.1) is 0 Å². The van der Waals surface area contributed by atoms with Crippen molar-refractivity contribution >= 4 is 12.0 Å². The van der Waals surface area contributed by atoms with E-state index in [0.29, 0.717) is 19.0 Å². The first kappa shape index (κ1) is 15.8. The molecule has 1 fully saturated rings. The van der Waals surface area contributed by atoms with E-state index in [1.54, 1.807) is 0 Å². The van der Waals surface area contributed by atoms with Crippen molar-refractivity contribution in [3.05, 3.63) is 0 Å². The lowest BCUT2D eigenvalue weighted by Crippen LogP contribution is -2.41. The van der Waals surface area contributed by atoms with Crippen molar-refractivity contribution in [1.82, 2.24) is 15.5 Å². The second kappa shape index (κ2) is 7.99. The van der Waals surface area contributed by atoms with E-state index in [9.17, 15) is 9.59 Å². The predicted molar refractivity (Wildman–Crippen MR) is 73.0 cm³/mol. The smallest absolute Gasteiger partial charge is 0.314 e. The second-order valence-electron chi connectivity index (χ2n) is 5.38. The summed E-state index contributed by atoms with van der Waals surface area (Å²) >= 11 is 0. The fourth-order valence-corrected chi connectivity index (χ4v) is 2.34. The number of hydrogen-bond acceptors (Lipinski definition) is 3. The molecule has 1 saturated heterocycles. The van der Waals surface area contributed by atoms with Crippen LogP contribution in [0.15, 0.2) is 0 Å². The molecule has 0 saturated carbocycles. The summed E-state index contributed by atoms with van der Waals surface area (Å²) in [7, 11) is 2.08. The third-order valence-corrected chi connectivity index (χ3v) is 3.63. The topological polar surface area (TPSA) is 81.7 Å². The largest absolute Gasteiger partial charge is 0.481 e. The van der Waals surface area contributed by atoms with Gasteiger partial charge in [0, 0.05) is 26.1 Å². The lowest BCUT2D eigenvalue weighted by Gasteiger charge is -2.15. The van der Waals surface area contributed by atoms with Gasteiger partial charge in [-0.3, -0.25) is 4.79 Å². The van der Waals surface area contributed by atoms with Gasteiger partial charge in [0.1, 0.15) is 0 Å². The van der Waals surface area contributed by atoms with E-state index in [1.165, 1.54) is 0 Å². The van der Waals surface area contributed by atoms with Gasteiger partial charge in [0.25, 0.3) is 0 Å². The second-order valence-corrected chi connectivity index (χ2v) is 5.38. The number of amides is 2. The van der Waals surface area contributed by atoms with Gasteiger partial charge in [0.2, 0.25) is 0 Å². The van der Waals surface area contributed by atoms with Crippen LogP contribution in [0.5, 0.6) is 0 Å². The molecule has 0 radical (unpaired) electrons. The number of likely N-dealkylation sites (tertiary alicyclic amines) is 1. The quantitative estimate of drug-likeness (QED) is 0.638. The molecule has 0 aromatic rings. The van der Waals surface area contributed by atoms with Crippen LogP contribution in [0.1, 0.15) is 26.2 Å². The van der Waals surface area contributed by atoms with Crippen LogP contribution in [0, 0.1) is 11.8 Å². The van der Waals surface area contributed by atoms with Crippen molar-refractivity contribution < 1.29 is 14.7 Å². The van der Waals surface area contributed by atoms with Crippen LogP contribution in [0.4, 0.5) is 4.79 Å². The van der Waals surface area contributed by atoms with Crippen LogP contribution in [0.3, 0.4) is 0 Å². The lowest BCUT2D eigenvalue weighted by atomic mass is 10.0. The lowest BCUT2D eigenvalue weighted by molar-refractivity contribution is -0.138. The minimum atomic E-state index is -0.817. The van der Waals surface area contributed by atoms with E-state index in [0.717, 1.165) is 25.9 Å². The number of aliphatic carboxylic acids is 1. The molecule has 0 aromatic carbocycles. The Morgan fingerprint density at radius 1 is 1.42 bits per heavy atom. The van der Waals surface area contributed by atoms with Gasteiger partial charge < -0.3 is 20.6 Å². The van der Waals surface area contributed by atoms with Gasteiger partial charge in [0.15, 0.2) is 0 Å². The summed E-state index contributed by atoms with van der Waals surface area (Å²) in [6, 6.07) is -0.196. The summed E-state index contributed by atoms with van der Waals surface area (Å²) in [5.41, 5.74) is 0. The number of carboxylic acids is 1. The molecule has 1 aliphatic rings. The summed E-state index contributed by atoms with van der Waals surface area (Å²) in [6.45, 7) is 5.15. The molecular formula is C13H25N3O3. The number of rotatable bonds is 7. The van der Waals surface area contributed by atoms with E-state index in [1.807, 2.05) is 6.92 Å². The molecule has 0 aliphatic carbocycles. The Labute approximate surface area is 114 Å². The number of urea groups is 1. The van der Waals surface area contributed by atoms with Crippen molar-refractivity contribution in [2.75, 3.05) is 33.2 Å². The molecule has 2 unspecified atom stereocenters. The predicted octanol–water partition coefficient (Wildman–Crippen LogP) is 0.738. The van der Waals surface area contributed by atoms with Crippen molar-refractivity contribution in [3.8, 4) is 0 Å². The maximum absolute atomic E-state index is 11.6. The van der Waals surface area contributed by atoms with Gasteiger partial charge >= 0.3 is 12.0 Å². The normalized spacial score (nSPS) is 21.1. The highest BCUT2D eigenvalue weighted by Crippen LogP contribution is 2.12. The Morgan fingerprint density at radius 3 is 2.68 bits per heavy atom. The van der Waals surface area contributed by atoms with Crippen LogP contribution in [-0.4, -0.2) is 55.2 Å². The molecule has 0 spiro atoms. The molecular weight excluding hydrogens is 246 g/mol. The third-order valence-electron chi connectivity index (χ3n) is 3.63. The SMILES string of the molecule is CCC(CNC(=O)NCC1CCN(C)C1)CC(=O)O. The fraction of sp³-hybridized carbons (Fsp3) is 0.846. The Hall–Kier alpha value is -1.30. The van der Waals surface area contributed by atoms with Gasteiger partial charge in [-0.15, -0.1) is 0 Å². The standard InChI is InChI=1S/C13H25N3O3/c1-3-10(6-12(17)18)7-14-13(19)15-8-11-4-5-16(2)9-11/h10-11H,3-9H2,1-2H3,(H,17,18)(H2,14,15,19). The van der Waals surface area contributed by atoms with Crippen molar-refractivity contribution in [1.29, 1.82) is 0 Å². The summed E-state index contributed by atoms with van der Waals surface area (Å²) in [4.78, 5) is 24.5. The molecule has 0 bridgehead atoms. The Kier molecular flexibility index (Phi) is 6.62. The number of hydrogen-bond donors (Lipinski definition) is 3. The van der Waals surface area contributed by atoms with Gasteiger partial charge in [-0.2, -0.15) is 0 Å². The number of carbonyl (C=O) groups is 2. The number of carbonyl (C=O) groups excluding carboxylic acids is 1. The zero-order chi connectivity index (χ0) is 14.3. The maximum atomic E-state index is 11.6. The van der Waals surface area contributed by atoms with Crippen LogP contribution in [-0.2, 0) is 4.79 Å². The summed E-state index contributed by atoms with van der Waals surface area (Å²) < 4.78 is 0. The molecule has 1 heterocycles. The summed E-state index contributed by atoms with van der Waals surface area (Å²) in [5, 5.41) is 14.3. The third kappa shape index (κ3) is 6.42. The van der Waals surface area contributed by atoms with Gasteiger partial charge in [-0.1, -0.05) is 13.3 Å². The highest BCUT2D eigenvalue weighted by atomic mass is 16.4. The number of carboxylic acid groups (broad SMARTS) is 1. The van der Waals surface area contributed by atoms with E-state index in [2.05, 4.69) is 22.6 Å². The van der Waals surface area contributed by atoms with E-state index >= 15 is 0 Å². The van der Waals surface area contributed by atoms with Crippen molar-refractivity contribution in [3.63, 3.8) is 0 Å². The summed E-state index contributed by atoms with van der Waals surface area (Å²) in [5.74, 6) is -0.291. The molecule has 0 aromatic heterocycles. The Morgan fingerprint density at radius 2 is 2.16 bits per heavy atom. The van der Waals surface area contributed by atoms with Crippen molar-refractivity contribution in [2.45, 2.75) is 26.2 Å². The Bertz CT molecular complexity index is 310. The zero-order valence-corrected chi connectivity index (χ0v) is 11.8. The fourth-order valence-electron chi connectivity index (χ4n) is 2.34. The molecule has 2 atom stereocenters. The van der Waals surface area contributed by atoms with Gasteiger partial charge in [-0.05, 0) is 31.8 Å². The monoisotopic (exact) mass is 271 g/mol. The zero-order valence-electron chi connectivity index (χ0n) is 11.8. The maximum Gasteiger partial charge on any atom is 0.314 e. The molecule has 6 heteroatoms. The van der Waals surface area contributed by atoms with Crippen LogP contribution in [0.25, 0.3) is 0 Å². The van der Waals surface area contributed by atoms with Crippen LogP contribution >= 0.6 is 0 Å².